The SMILES string of the molecule is CN1CCC(=C2c3ccccc3CCc3cccnc32)CC1.Clc1ccc(C/C(=C\CN2CCCC2)c2ccccc2)cc1. The lowest BCUT2D eigenvalue weighted by atomic mass is 9.89. The first-order valence-electron chi connectivity index (χ1n) is 16.3. The van der Waals surface area contributed by atoms with Crippen molar-refractivity contribution in [3.8, 4) is 0 Å². The average Bonchev–Trinajstić information content (AvgIpc) is 3.53. The zero-order valence-electron chi connectivity index (χ0n) is 26.0. The standard InChI is InChI=1S/C20H22ClN.C20H22N2/c21-20-10-8-17(9-11-20)16-19(18-6-2-1-3-7-18)12-15-22-13-4-5-14-22;1-22-13-10-16(11-14-22)19-18-7-3-2-5-15(18)8-9-17-6-4-12-21-20(17)19/h1-3,6-12H,4-5,13-16H2;2-7,12H,8-11,13-14H2,1H3/b19-12+;. The van der Waals surface area contributed by atoms with Crippen molar-refractivity contribution in [1.82, 2.24) is 14.8 Å². The van der Waals surface area contributed by atoms with Gasteiger partial charge in [-0.15, -0.1) is 0 Å². The van der Waals surface area contributed by atoms with Gasteiger partial charge in [-0.05, 0) is 117 Å². The number of pyridine rings is 1. The van der Waals surface area contributed by atoms with E-state index in [0.29, 0.717) is 0 Å². The third kappa shape index (κ3) is 7.77. The van der Waals surface area contributed by atoms with Crippen molar-refractivity contribution in [3.05, 3.63) is 147 Å². The van der Waals surface area contributed by atoms with Gasteiger partial charge in [0.25, 0.3) is 0 Å². The Kier molecular flexibility index (Phi) is 10.4. The number of benzene rings is 3. The molecule has 2 fully saturated rings. The Hall–Kier alpha value is -3.50. The van der Waals surface area contributed by atoms with Crippen LogP contribution in [0.1, 0.15) is 59.2 Å². The van der Waals surface area contributed by atoms with Crippen molar-refractivity contribution in [2.75, 3.05) is 39.8 Å². The number of fused-ring (bicyclic) bond motifs is 2. The minimum Gasteiger partial charge on any atom is -0.306 e. The van der Waals surface area contributed by atoms with E-state index in [1.165, 1.54) is 70.6 Å². The molecule has 4 heteroatoms. The fraction of sp³-hybridized carbons (Fsp3) is 0.325. The van der Waals surface area contributed by atoms with Gasteiger partial charge >= 0.3 is 0 Å². The van der Waals surface area contributed by atoms with Gasteiger partial charge < -0.3 is 4.90 Å². The van der Waals surface area contributed by atoms with Crippen molar-refractivity contribution < 1.29 is 0 Å². The van der Waals surface area contributed by atoms with Crippen LogP contribution in [0, 0.1) is 0 Å². The molecule has 1 aliphatic carbocycles. The van der Waals surface area contributed by atoms with Crippen molar-refractivity contribution in [1.29, 1.82) is 0 Å². The molecule has 0 amide bonds. The molecule has 0 bridgehead atoms. The molecule has 0 saturated carbocycles. The maximum Gasteiger partial charge on any atom is 0.0739 e. The largest absolute Gasteiger partial charge is 0.306 e. The summed E-state index contributed by atoms with van der Waals surface area (Å²) < 4.78 is 0. The van der Waals surface area contributed by atoms with Gasteiger partial charge in [-0.25, -0.2) is 0 Å². The molecule has 0 N–H and O–H groups in total. The summed E-state index contributed by atoms with van der Waals surface area (Å²) in [5, 5.41) is 0.797. The number of allylic oxidation sites excluding steroid dienone is 1. The number of piperidine rings is 1. The minimum atomic E-state index is 0.797. The van der Waals surface area contributed by atoms with Gasteiger partial charge in [-0.3, -0.25) is 9.88 Å². The molecule has 0 radical (unpaired) electrons. The van der Waals surface area contributed by atoms with E-state index in [1.54, 1.807) is 5.57 Å². The highest BCUT2D eigenvalue weighted by molar-refractivity contribution is 6.30. The summed E-state index contributed by atoms with van der Waals surface area (Å²) in [7, 11) is 2.22. The zero-order chi connectivity index (χ0) is 30.1. The number of nitrogens with zero attached hydrogens (tertiary/aromatic N) is 3. The summed E-state index contributed by atoms with van der Waals surface area (Å²) in [6, 6.07) is 32.1. The molecule has 2 aliphatic heterocycles. The molecule has 2 saturated heterocycles. The van der Waals surface area contributed by atoms with Crippen LogP contribution in [0.2, 0.25) is 5.02 Å². The van der Waals surface area contributed by atoms with Crippen LogP contribution in [-0.2, 0) is 19.3 Å². The number of aryl methyl sites for hydroxylation is 2. The van der Waals surface area contributed by atoms with Crippen LogP contribution in [0.3, 0.4) is 0 Å². The highest BCUT2D eigenvalue weighted by Gasteiger charge is 2.23. The first kappa shape index (κ1) is 30.5. The molecule has 3 aromatic carbocycles. The lowest BCUT2D eigenvalue weighted by Crippen LogP contribution is -2.27. The first-order valence-corrected chi connectivity index (χ1v) is 16.7. The van der Waals surface area contributed by atoms with Crippen LogP contribution in [0.5, 0.6) is 0 Å². The quantitative estimate of drug-likeness (QED) is 0.228. The summed E-state index contributed by atoms with van der Waals surface area (Å²) in [5.74, 6) is 0. The second-order valence-corrected chi connectivity index (χ2v) is 12.8. The number of likely N-dealkylation sites (tertiary alicyclic amines) is 2. The Morgan fingerprint density at radius 2 is 1.43 bits per heavy atom. The molecule has 0 unspecified atom stereocenters. The summed E-state index contributed by atoms with van der Waals surface area (Å²) >= 11 is 5.99. The van der Waals surface area contributed by atoms with Gasteiger partial charge in [0, 0.05) is 36.4 Å². The molecule has 3 nitrogen and oxygen atoms in total. The topological polar surface area (TPSA) is 19.4 Å². The van der Waals surface area contributed by atoms with E-state index in [9.17, 15) is 0 Å². The van der Waals surface area contributed by atoms with Crippen LogP contribution in [0.25, 0.3) is 11.1 Å². The molecule has 7 rings (SSSR count). The van der Waals surface area contributed by atoms with Gasteiger partial charge in [0.1, 0.15) is 0 Å². The van der Waals surface area contributed by atoms with E-state index in [-0.39, 0.29) is 0 Å². The molecular weight excluding hydrogens is 558 g/mol. The Labute approximate surface area is 268 Å². The Bertz CT molecular complexity index is 1520. The van der Waals surface area contributed by atoms with Crippen molar-refractivity contribution in [2.45, 2.75) is 44.9 Å². The van der Waals surface area contributed by atoms with Gasteiger partial charge in [0.15, 0.2) is 0 Å². The van der Waals surface area contributed by atoms with Crippen LogP contribution in [0.4, 0.5) is 0 Å². The fourth-order valence-electron chi connectivity index (χ4n) is 6.71. The van der Waals surface area contributed by atoms with E-state index in [2.05, 4.69) is 102 Å². The number of halogens is 1. The number of aromatic nitrogens is 1. The van der Waals surface area contributed by atoms with Crippen molar-refractivity contribution >= 4 is 22.7 Å². The van der Waals surface area contributed by atoms with Crippen molar-refractivity contribution in [3.63, 3.8) is 0 Å². The molecule has 4 aromatic rings. The molecule has 1 aromatic heterocycles. The highest BCUT2D eigenvalue weighted by Crippen LogP contribution is 2.37. The Balaban J connectivity index is 0.000000156. The Morgan fingerprint density at radius 1 is 0.750 bits per heavy atom. The second-order valence-electron chi connectivity index (χ2n) is 12.4. The monoisotopic (exact) mass is 601 g/mol. The van der Waals surface area contributed by atoms with E-state index in [0.717, 1.165) is 56.8 Å². The number of rotatable bonds is 5. The molecule has 0 spiro atoms. The molecular formula is C40H44ClN3. The van der Waals surface area contributed by atoms with Gasteiger partial charge in [0.05, 0.1) is 5.69 Å². The van der Waals surface area contributed by atoms with E-state index >= 15 is 0 Å². The highest BCUT2D eigenvalue weighted by atomic mass is 35.5. The van der Waals surface area contributed by atoms with Gasteiger partial charge in [-0.2, -0.15) is 0 Å². The molecule has 226 valence electrons. The van der Waals surface area contributed by atoms with Gasteiger partial charge in [-0.1, -0.05) is 96.0 Å². The predicted molar refractivity (Wildman–Crippen MR) is 186 cm³/mol. The summed E-state index contributed by atoms with van der Waals surface area (Å²) in [5.41, 5.74) is 12.6. The normalized spacial score (nSPS) is 17.4. The van der Waals surface area contributed by atoms with Crippen molar-refractivity contribution in [2.24, 2.45) is 0 Å². The lowest BCUT2D eigenvalue weighted by molar-refractivity contribution is 0.313. The molecule has 0 atom stereocenters. The summed E-state index contributed by atoms with van der Waals surface area (Å²) in [4.78, 5) is 9.74. The van der Waals surface area contributed by atoms with E-state index in [1.807, 2.05) is 18.3 Å². The summed E-state index contributed by atoms with van der Waals surface area (Å²) in [6.45, 7) is 5.84. The number of hydrogen-bond donors (Lipinski definition) is 0. The average molecular weight is 602 g/mol. The maximum absolute atomic E-state index is 5.99. The molecule has 3 aliphatic rings. The predicted octanol–water partition coefficient (Wildman–Crippen LogP) is 8.77. The fourth-order valence-corrected chi connectivity index (χ4v) is 6.84. The lowest BCUT2D eigenvalue weighted by Gasteiger charge is -2.27. The molecule has 3 heterocycles. The summed E-state index contributed by atoms with van der Waals surface area (Å²) in [6.07, 6.45) is 12.5. The zero-order valence-corrected chi connectivity index (χ0v) is 26.8. The van der Waals surface area contributed by atoms with Crippen LogP contribution >= 0.6 is 11.6 Å². The third-order valence-electron chi connectivity index (χ3n) is 9.27. The maximum atomic E-state index is 5.99. The third-order valence-corrected chi connectivity index (χ3v) is 9.52. The minimum absolute atomic E-state index is 0.797. The Morgan fingerprint density at radius 3 is 2.20 bits per heavy atom. The smallest absolute Gasteiger partial charge is 0.0739 e. The van der Waals surface area contributed by atoms with Gasteiger partial charge in [0.2, 0.25) is 0 Å². The number of hydrogen-bond acceptors (Lipinski definition) is 3. The van der Waals surface area contributed by atoms with Crippen LogP contribution in [-0.4, -0.2) is 54.6 Å². The first-order chi connectivity index (χ1) is 21.6. The van der Waals surface area contributed by atoms with Crippen LogP contribution in [0.15, 0.2) is 109 Å². The second kappa shape index (κ2) is 15.0. The van der Waals surface area contributed by atoms with E-state index in [4.69, 9.17) is 16.6 Å². The van der Waals surface area contributed by atoms with E-state index < -0.39 is 0 Å². The van der Waals surface area contributed by atoms with Crippen LogP contribution < -0.4 is 0 Å². The molecule has 44 heavy (non-hydrogen) atoms.